The van der Waals surface area contributed by atoms with E-state index in [1.165, 1.54) is 16.7 Å². The van der Waals surface area contributed by atoms with Gasteiger partial charge in [0.1, 0.15) is 0 Å². The molecule has 2 nitrogen and oxygen atoms in total. The molecule has 0 unspecified atom stereocenters. The Morgan fingerprint density at radius 2 is 1.71 bits per heavy atom. The molecule has 0 bridgehead atoms. The fourth-order valence-electron chi connectivity index (χ4n) is 2.47. The number of benzene rings is 2. The van der Waals surface area contributed by atoms with E-state index >= 15 is 0 Å². The van der Waals surface area contributed by atoms with Crippen LogP contribution in [0.15, 0.2) is 71.4 Å². The molecule has 0 amide bonds. The predicted octanol–water partition coefficient (Wildman–Crippen LogP) is 5.51. The second-order valence-corrected chi connectivity index (χ2v) is 6.06. The van der Waals surface area contributed by atoms with Crippen LogP contribution in [0, 0.1) is 0 Å². The molecule has 1 aromatic heterocycles. The van der Waals surface area contributed by atoms with E-state index in [1.54, 1.807) is 23.5 Å². The quantitative estimate of drug-likeness (QED) is 0.454. The lowest BCUT2D eigenvalue weighted by Gasteiger charge is -2.07. The third kappa shape index (κ3) is 3.81. The number of carbonyl (C=O) groups is 1. The molecule has 0 N–H and O–H groups in total. The van der Waals surface area contributed by atoms with Crippen molar-refractivity contribution in [3.8, 4) is 0 Å². The fourth-order valence-corrected chi connectivity index (χ4v) is 3.12. The molecule has 120 valence electrons. The first-order valence-electron chi connectivity index (χ1n) is 7.85. The van der Waals surface area contributed by atoms with Crippen molar-refractivity contribution in [2.45, 2.75) is 6.92 Å². The summed E-state index contributed by atoms with van der Waals surface area (Å²) >= 11 is 1.68. The van der Waals surface area contributed by atoms with E-state index in [9.17, 15) is 4.79 Å². The molecule has 3 rings (SSSR count). The molecule has 0 saturated carbocycles. The highest BCUT2D eigenvalue weighted by Crippen LogP contribution is 2.27. The minimum atomic E-state index is -0.283. The van der Waals surface area contributed by atoms with Crippen molar-refractivity contribution in [3.05, 3.63) is 93.7 Å². The van der Waals surface area contributed by atoms with Gasteiger partial charge in [0.2, 0.25) is 0 Å². The number of rotatable bonds is 5. The van der Waals surface area contributed by atoms with Crippen molar-refractivity contribution in [2.75, 3.05) is 6.61 Å². The van der Waals surface area contributed by atoms with Crippen LogP contribution in [0.5, 0.6) is 0 Å². The van der Waals surface area contributed by atoms with E-state index in [2.05, 4.69) is 35.0 Å². The average molecular weight is 334 g/mol. The number of hydrogen-bond donors (Lipinski definition) is 0. The zero-order valence-electron chi connectivity index (χ0n) is 13.4. The summed E-state index contributed by atoms with van der Waals surface area (Å²) in [5.74, 6) is -0.283. The Labute approximate surface area is 146 Å². The molecule has 0 spiro atoms. The van der Waals surface area contributed by atoms with E-state index in [1.807, 2.05) is 37.3 Å². The molecular formula is C21H18O2S. The zero-order chi connectivity index (χ0) is 16.8. The third-order valence-electron chi connectivity index (χ3n) is 3.65. The number of hydrogen-bond acceptors (Lipinski definition) is 3. The first-order chi connectivity index (χ1) is 11.8. The average Bonchev–Trinajstić information content (AvgIpc) is 3.15. The summed E-state index contributed by atoms with van der Waals surface area (Å²) in [6.07, 6.45) is 2.15. The summed E-state index contributed by atoms with van der Waals surface area (Å²) < 4.78 is 5.02. The van der Waals surface area contributed by atoms with Crippen LogP contribution < -0.4 is 0 Å². The van der Waals surface area contributed by atoms with Crippen LogP contribution in [0.4, 0.5) is 0 Å². The summed E-state index contributed by atoms with van der Waals surface area (Å²) in [7, 11) is 0. The molecule has 24 heavy (non-hydrogen) atoms. The smallest absolute Gasteiger partial charge is 0.338 e. The van der Waals surface area contributed by atoms with E-state index in [4.69, 9.17) is 4.74 Å². The van der Waals surface area contributed by atoms with Crippen molar-refractivity contribution in [3.63, 3.8) is 0 Å². The Hall–Kier alpha value is -2.65. The van der Waals surface area contributed by atoms with Gasteiger partial charge < -0.3 is 4.74 Å². The molecule has 0 atom stereocenters. The van der Waals surface area contributed by atoms with E-state index in [0.717, 1.165) is 5.56 Å². The Morgan fingerprint density at radius 3 is 2.33 bits per heavy atom. The van der Waals surface area contributed by atoms with Gasteiger partial charge in [-0.15, -0.1) is 0 Å². The first kappa shape index (κ1) is 16.2. The number of ether oxygens (including phenoxy) is 1. The van der Waals surface area contributed by atoms with Gasteiger partial charge >= 0.3 is 5.97 Å². The van der Waals surface area contributed by atoms with Gasteiger partial charge in [0.05, 0.1) is 12.2 Å². The van der Waals surface area contributed by atoms with E-state index in [0.29, 0.717) is 12.2 Å². The molecule has 0 aliphatic rings. The van der Waals surface area contributed by atoms with Crippen molar-refractivity contribution >= 4 is 29.0 Å². The molecule has 3 heteroatoms. The van der Waals surface area contributed by atoms with Crippen LogP contribution in [0.3, 0.4) is 0 Å². The van der Waals surface area contributed by atoms with Crippen molar-refractivity contribution in [2.24, 2.45) is 0 Å². The van der Waals surface area contributed by atoms with Crippen LogP contribution in [-0.4, -0.2) is 12.6 Å². The van der Waals surface area contributed by atoms with Gasteiger partial charge in [-0.2, -0.15) is 11.3 Å². The van der Waals surface area contributed by atoms with Crippen LogP contribution >= 0.6 is 11.3 Å². The molecular weight excluding hydrogens is 316 g/mol. The lowest BCUT2D eigenvalue weighted by Crippen LogP contribution is -2.04. The summed E-state index contributed by atoms with van der Waals surface area (Å²) in [5.41, 5.74) is 5.16. The normalized spacial score (nSPS) is 11.3. The zero-order valence-corrected chi connectivity index (χ0v) is 14.3. The fraction of sp³-hybridized carbons (Fsp3) is 0.0952. The molecule has 3 aromatic rings. The number of esters is 1. The van der Waals surface area contributed by atoms with E-state index in [-0.39, 0.29) is 5.97 Å². The van der Waals surface area contributed by atoms with Gasteiger partial charge in [-0.3, -0.25) is 0 Å². The first-order valence-corrected chi connectivity index (χ1v) is 8.79. The second kappa shape index (κ2) is 7.75. The topological polar surface area (TPSA) is 26.3 Å². The predicted molar refractivity (Wildman–Crippen MR) is 100 cm³/mol. The van der Waals surface area contributed by atoms with Gasteiger partial charge in [-0.05, 0) is 64.2 Å². The number of thiophene rings is 1. The maximum absolute atomic E-state index is 11.8. The minimum absolute atomic E-state index is 0.283. The Kier molecular flexibility index (Phi) is 5.24. The third-order valence-corrected chi connectivity index (χ3v) is 4.33. The lowest BCUT2D eigenvalue weighted by molar-refractivity contribution is 0.0526. The van der Waals surface area contributed by atoms with Crippen molar-refractivity contribution < 1.29 is 9.53 Å². The monoisotopic (exact) mass is 334 g/mol. The largest absolute Gasteiger partial charge is 0.462 e. The van der Waals surface area contributed by atoms with Crippen molar-refractivity contribution in [1.29, 1.82) is 0 Å². The molecule has 2 aromatic carbocycles. The highest BCUT2D eigenvalue weighted by atomic mass is 32.1. The SMILES string of the molecule is CCOC(=O)c1ccc(/C=C(\c2ccccc2)c2ccsc2)cc1. The van der Waals surface area contributed by atoms with Crippen LogP contribution in [-0.2, 0) is 4.74 Å². The van der Waals surface area contributed by atoms with Crippen LogP contribution in [0.25, 0.3) is 11.6 Å². The van der Waals surface area contributed by atoms with Crippen LogP contribution in [0.1, 0.15) is 34.0 Å². The van der Waals surface area contributed by atoms with Gasteiger partial charge in [-0.1, -0.05) is 42.5 Å². The van der Waals surface area contributed by atoms with Gasteiger partial charge in [0.15, 0.2) is 0 Å². The summed E-state index contributed by atoms with van der Waals surface area (Å²) in [5, 5.41) is 4.22. The molecule has 0 aliphatic heterocycles. The summed E-state index contributed by atoms with van der Waals surface area (Å²) in [6.45, 7) is 2.19. The maximum atomic E-state index is 11.8. The van der Waals surface area contributed by atoms with E-state index < -0.39 is 0 Å². The summed E-state index contributed by atoms with van der Waals surface area (Å²) in [4.78, 5) is 11.8. The molecule has 0 radical (unpaired) electrons. The number of carbonyl (C=O) groups excluding carboxylic acids is 1. The maximum Gasteiger partial charge on any atom is 0.338 e. The molecule has 0 saturated heterocycles. The van der Waals surface area contributed by atoms with Gasteiger partial charge in [0.25, 0.3) is 0 Å². The standard InChI is InChI=1S/C21H18O2S/c1-2-23-21(22)18-10-8-16(9-11-18)14-20(19-12-13-24-15-19)17-6-4-3-5-7-17/h3-15H,2H2,1H3/b20-14+. The van der Waals surface area contributed by atoms with Gasteiger partial charge in [-0.25, -0.2) is 4.79 Å². The Bertz CT molecular complexity index is 816. The van der Waals surface area contributed by atoms with Crippen molar-refractivity contribution in [1.82, 2.24) is 0 Å². The second-order valence-electron chi connectivity index (χ2n) is 5.28. The minimum Gasteiger partial charge on any atom is -0.462 e. The molecule has 0 fully saturated rings. The highest BCUT2D eigenvalue weighted by molar-refractivity contribution is 7.08. The Morgan fingerprint density at radius 1 is 0.958 bits per heavy atom. The Balaban J connectivity index is 1.95. The summed E-state index contributed by atoms with van der Waals surface area (Å²) in [6, 6.07) is 19.9. The molecule has 1 heterocycles. The van der Waals surface area contributed by atoms with Crippen LogP contribution in [0.2, 0.25) is 0 Å². The highest BCUT2D eigenvalue weighted by Gasteiger charge is 2.08. The lowest BCUT2D eigenvalue weighted by atomic mass is 9.97. The van der Waals surface area contributed by atoms with Gasteiger partial charge in [0, 0.05) is 0 Å². The molecule has 0 aliphatic carbocycles.